The monoisotopic (exact) mass is 466 g/mol. The molecule has 1 aromatic rings. The van der Waals surface area contributed by atoms with Gasteiger partial charge in [-0.3, -0.25) is 14.5 Å². The number of carbonyl (C=O) groups excluding carboxylic acids is 3. The maximum Gasteiger partial charge on any atom is 0.276 e. The van der Waals surface area contributed by atoms with E-state index in [2.05, 4.69) is 22.5 Å². The number of aliphatic carboxylic acids is 1. The Morgan fingerprint density at radius 2 is 2.16 bits per heavy atom. The number of rotatable bonds is 6. The Balaban J connectivity index is 1.51. The van der Waals surface area contributed by atoms with Crippen molar-refractivity contribution in [3.05, 3.63) is 22.3 Å². The minimum absolute atomic E-state index is 0.0857. The van der Waals surface area contributed by atoms with Gasteiger partial charge >= 0.3 is 0 Å². The molecule has 13 heteroatoms. The summed E-state index contributed by atoms with van der Waals surface area (Å²) < 4.78 is 0.743. The lowest BCUT2D eigenvalue weighted by Gasteiger charge is -2.51. The summed E-state index contributed by atoms with van der Waals surface area (Å²) in [6.45, 7) is 2.49. The number of carbonyl (C=O) groups is 3. The zero-order valence-corrected chi connectivity index (χ0v) is 18.4. The van der Waals surface area contributed by atoms with Crippen molar-refractivity contribution in [2.75, 3.05) is 38.2 Å². The molecule has 1 unspecified atom stereocenters. The number of likely N-dealkylation sites (tertiary alicyclic amines) is 1. The number of carboxylic acid groups (broad SMARTS) is 1. The van der Waals surface area contributed by atoms with Crippen molar-refractivity contribution < 1.29 is 29.2 Å². The van der Waals surface area contributed by atoms with Gasteiger partial charge in [-0.25, -0.2) is 4.98 Å². The molecule has 0 bridgehead atoms. The zero-order chi connectivity index (χ0) is 22.3. The summed E-state index contributed by atoms with van der Waals surface area (Å²) >= 11 is 2.47. The molecule has 4 N–H and O–H groups in total. The molecular weight excluding hydrogens is 444 g/mol. The van der Waals surface area contributed by atoms with E-state index in [1.54, 1.807) is 0 Å². The molecule has 0 radical (unpaired) electrons. The predicted octanol–water partition coefficient (Wildman–Crippen LogP) is -1.45. The largest absolute Gasteiger partial charge is 0.543 e. The molecule has 1 aromatic heterocycles. The Kier molecular flexibility index (Phi) is 5.66. The standard InChI is InChI=1S/C18H22N6O5S2/c1-24(4-2-3-5-24)6-9-7-30-16-12(15(26)23(16)13(9)17(27)28)21-14(25)11(22-29)10-8-31-18(19)20-10/h8,12,16H,2-7H2,1H3,(H4-,19,20,21,25,27,28,29)/t12?,16-/m0/s1. The van der Waals surface area contributed by atoms with Crippen LogP contribution in [0.15, 0.2) is 21.8 Å². The van der Waals surface area contributed by atoms with Crippen LogP contribution in [0.25, 0.3) is 0 Å². The van der Waals surface area contributed by atoms with Gasteiger partial charge in [0.25, 0.3) is 11.8 Å². The van der Waals surface area contributed by atoms with Crippen LogP contribution in [0.5, 0.6) is 0 Å². The molecule has 31 heavy (non-hydrogen) atoms. The summed E-state index contributed by atoms with van der Waals surface area (Å²) in [4.78, 5) is 42.4. The normalized spacial score (nSPS) is 25.3. The number of thioether (sulfide) groups is 1. The van der Waals surface area contributed by atoms with Crippen molar-refractivity contribution in [3.63, 3.8) is 0 Å². The molecule has 4 rings (SSSR count). The second kappa shape index (κ2) is 8.13. The number of quaternary nitrogens is 1. The van der Waals surface area contributed by atoms with E-state index in [1.165, 1.54) is 22.0 Å². The lowest BCUT2D eigenvalue weighted by Crippen LogP contribution is -2.71. The van der Waals surface area contributed by atoms with E-state index in [0.717, 1.165) is 41.8 Å². The SMILES string of the molecule is C[N+]1(CC2=C(C(=O)[O-])N3C(=O)C(NC(=O)C(=NO)c4csc(N)n4)[C@@H]3SC2)CCCC1. The lowest BCUT2D eigenvalue weighted by atomic mass is 10.0. The number of hydrogen-bond acceptors (Lipinski definition) is 10. The molecular formula is C18H22N6O5S2. The van der Waals surface area contributed by atoms with Gasteiger partial charge in [0.15, 0.2) is 10.8 Å². The molecule has 0 aromatic carbocycles. The van der Waals surface area contributed by atoms with Crippen LogP contribution in [-0.4, -0.2) is 86.9 Å². The first-order chi connectivity index (χ1) is 14.7. The van der Waals surface area contributed by atoms with E-state index in [9.17, 15) is 24.7 Å². The van der Waals surface area contributed by atoms with Gasteiger partial charge in [-0.2, -0.15) is 0 Å². The molecule has 3 aliphatic rings. The Bertz CT molecular complexity index is 999. The fraction of sp³-hybridized carbons (Fsp3) is 0.500. The van der Waals surface area contributed by atoms with E-state index in [1.807, 2.05) is 0 Å². The summed E-state index contributed by atoms with van der Waals surface area (Å²) in [7, 11) is 2.09. The molecule has 3 aliphatic heterocycles. The van der Waals surface area contributed by atoms with Crippen LogP contribution >= 0.6 is 23.1 Å². The number of anilines is 1. The van der Waals surface area contributed by atoms with Crippen molar-refractivity contribution in [1.29, 1.82) is 0 Å². The molecule has 2 amide bonds. The van der Waals surface area contributed by atoms with Crippen molar-refractivity contribution in [1.82, 2.24) is 15.2 Å². The fourth-order valence-electron chi connectivity index (χ4n) is 4.33. The molecule has 11 nitrogen and oxygen atoms in total. The van der Waals surface area contributed by atoms with E-state index < -0.39 is 29.2 Å². The van der Waals surface area contributed by atoms with Gasteiger partial charge < -0.3 is 30.6 Å². The van der Waals surface area contributed by atoms with Gasteiger partial charge in [0.2, 0.25) is 0 Å². The number of thiazole rings is 1. The topological polar surface area (TPSA) is 161 Å². The van der Waals surface area contributed by atoms with Crippen molar-refractivity contribution in [2.45, 2.75) is 24.3 Å². The maximum absolute atomic E-state index is 12.8. The van der Waals surface area contributed by atoms with E-state index in [0.29, 0.717) is 17.9 Å². The Morgan fingerprint density at radius 3 is 2.74 bits per heavy atom. The summed E-state index contributed by atoms with van der Waals surface area (Å²) in [5.41, 5.74) is 5.85. The Hall–Kier alpha value is -2.64. The van der Waals surface area contributed by atoms with Gasteiger partial charge in [0.05, 0.1) is 31.8 Å². The molecule has 0 saturated carbocycles. The molecule has 2 saturated heterocycles. The molecule has 2 fully saturated rings. The summed E-state index contributed by atoms with van der Waals surface area (Å²) in [6.07, 6.45) is 2.19. The van der Waals surface area contributed by atoms with Crippen molar-refractivity contribution in [2.24, 2.45) is 5.16 Å². The number of nitrogens with one attached hydrogen (secondary N) is 1. The van der Waals surface area contributed by atoms with Crippen LogP contribution in [0.4, 0.5) is 5.13 Å². The third kappa shape index (κ3) is 3.88. The number of carboxylic acids is 1. The molecule has 0 spiro atoms. The van der Waals surface area contributed by atoms with Crippen LogP contribution in [-0.2, 0) is 14.4 Å². The molecule has 4 heterocycles. The summed E-state index contributed by atoms with van der Waals surface area (Å²) in [6, 6.07) is -0.947. The van der Waals surface area contributed by atoms with Crippen LogP contribution in [0.3, 0.4) is 0 Å². The third-order valence-corrected chi connectivity index (χ3v) is 7.84. The number of nitrogens with zero attached hydrogens (tertiary/aromatic N) is 4. The quantitative estimate of drug-likeness (QED) is 0.151. The van der Waals surface area contributed by atoms with Gasteiger partial charge in [-0.15, -0.1) is 23.1 Å². The molecule has 0 aliphatic carbocycles. The minimum atomic E-state index is -1.39. The van der Waals surface area contributed by atoms with Crippen molar-refractivity contribution >= 4 is 51.7 Å². The Labute approximate surface area is 186 Å². The first-order valence-corrected chi connectivity index (χ1v) is 11.6. The number of fused-ring (bicyclic) bond motifs is 1. The van der Waals surface area contributed by atoms with Gasteiger partial charge in [-0.05, 0) is 0 Å². The highest BCUT2D eigenvalue weighted by Gasteiger charge is 2.53. The molecule has 166 valence electrons. The number of nitrogens with two attached hydrogens (primary N) is 1. The number of nitrogen functional groups attached to an aromatic ring is 1. The lowest BCUT2D eigenvalue weighted by molar-refractivity contribution is -0.893. The average molecular weight is 467 g/mol. The minimum Gasteiger partial charge on any atom is -0.543 e. The first kappa shape index (κ1) is 21.6. The number of β-lactam (4-membered cyclic amide) rings is 1. The maximum atomic E-state index is 12.8. The highest BCUT2D eigenvalue weighted by atomic mass is 32.2. The van der Waals surface area contributed by atoms with Crippen LogP contribution in [0.1, 0.15) is 18.5 Å². The number of hydrogen-bond donors (Lipinski definition) is 3. The Morgan fingerprint density at radius 1 is 1.45 bits per heavy atom. The highest BCUT2D eigenvalue weighted by molar-refractivity contribution is 8.00. The van der Waals surface area contributed by atoms with E-state index >= 15 is 0 Å². The second-order valence-corrected chi connectivity index (χ2v) is 10.0. The second-order valence-electron chi connectivity index (χ2n) is 8.05. The first-order valence-electron chi connectivity index (χ1n) is 9.70. The highest BCUT2D eigenvalue weighted by Crippen LogP contribution is 2.41. The number of likely N-dealkylation sites (N-methyl/N-ethyl adjacent to an activating group) is 1. The van der Waals surface area contributed by atoms with Crippen LogP contribution in [0.2, 0.25) is 0 Å². The number of oxime groups is 1. The number of amides is 2. The van der Waals surface area contributed by atoms with E-state index in [-0.39, 0.29) is 22.2 Å². The smallest absolute Gasteiger partial charge is 0.276 e. The summed E-state index contributed by atoms with van der Waals surface area (Å²) in [5.74, 6) is -2.30. The average Bonchev–Trinajstić information content (AvgIpc) is 3.34. The molecule has 2 atom stereocenters. The van der Waals surface area contributed by atoms with Gasteiger partial charge in [-0.1, -0.05) is 5.16 Å². The predicted molar refractivity (Wildman–Crippen MR) is 112 cm³/mol. The van der Waals surface area contributed by atoms with Crippen molar-refractivity contribution in [3.8, 4) is 0 Å². The van der Waals surface area contributed by atoms with Crippen LogP contribution < -0.4 is 16.2 Å². The zero-order valence-electron chi connectivity index (χ0n) is 16.7. The number of aromatic nitrogens is 1. The van der Waals surface area contributed by atoms with Gasteiger partial charge in [0, 0.05) is 29.5 Å². The third-order valence-electron chi connectivity index (χ3n) is 5.83. The fourth-order valence-corrected chi connectivity index (χ4v) is 6.21. The van der Waals surface area contributed by atoms with E-state index in [4.69, 9.17) is 5.73 Å². The van der Waals surface area contributed by atoms with Crippen LogP contribution in [0, 0.1) is 0 Å². The van der Waals surface area contributed by atoms with Gasteiger partial charge in [0.1, 0.15) is 23.7 Å². The summed E-state index contributed by atoms with van der Waals surface area (Å²) in [5, 5.41) is 27.7.